The van der Waals surface area contributed by atoms with Crippen LogP contribution in [0.25, 0.3) is 28.4 Å². The van der Waals surface area contributed by atoms with Crippen LogP contribution in [0.2, 0.25) is 0 Å². The number of hydrogen-bond donors (Lipinski definition) is 1. The number of hydrogen-bond acceptors (Lipinski definition) is 2. The highest BCUT2D eigenvalue weighted by atomic mass is 15.4. The molecule has 1 N–H and O–H groups in total. The molecule has 6 aromatic rings. The van der Waals surface area contributed by atoms with E-state index >= 15 is 0 Å². The topological polar surface area (TPSA) is 26.1 Å². The Labute approximate surface area is 337 Å². The molecular formula is C53H51N4+. The van der Waals surface area contributed by atoms with Crippen LogP contribution >= 0.6 is 0 Å². The van der Waals surface area contributed by atoms with E-state index in [4.69, 9.17) is 6.58 Å². The maximum atomic E-state index is 5.04. The first-order chi connectivity index (χ1) is 27.9. The summed E-state index contributed by atoms with van der Waals surface area (Å²) in [5, 5.41) is 0. The summed E-state index contributed by atoms with van der Waals surface area (Å²) in [6.07, 6.45) is 14.2. The van der Waals surface area contributed by atoms with Gasteiger partial charge in [0.15, 0.2) is 0 Å². The van der Waals surface area contributed by atoms with Crippen LogP contribution in [0.5, 0.6) is 0 Å². The molecule has 0 saturated heterocycles. The van der Waals surface area contributed by atoms with E-state index in [9.17, 15) is 0 Å². The number of imidazole rings is 1. The standard InChI is InChI=1S/C53H50N4/c1-34-18-15-24-41(34)37(4)32-39-26-27-45-46-28-29-49-56(40-19-7-6-8-20-40)51(42-21-11-9-16-35(42)2)52(43-22-12-10-17-36(43)3)57(49)48-25-14-13-23-44(48)38(5)50(46)55-31-30-54-53(55)47(45)33-39/h6-27,30-31,33-34,37,46,49-50H,5,28-29,32H2,1-4H3/p+1/t34?,37-,46?,49?,50?/m1/s1. The molecule has 4 unspecified atom stereocenters. The van der Waals surface area contributed by atoms with Crippen LogP contribution in [0.1, 0.15) is 77.6 Å². The minimum absolute atomic E-state index is 0.0146. The summed E-state index contributed by atoms with van der Waals surface area (Å²) in [6, 6.07) is 45.4. The number of nitrogens with zero attached hydrogens (tertiary/aromatic N) is 3. The van der Waals surface area contributed by atoms with Crippen molar-refractivity contribution in [3.05, 3.63) is 203 Å². The zero-order valence-electron chi connectivity index (χ0n) is 33.5. The second-order valence-electron chi connectivity index (χ2n) is 16.6. The van der Waals surface area contributed by atoms with Crippen LogP contribution in [0.3, 0.4) is 0 Å². The SMILES string of the molecule is C=C1c2ccccc2N2C(c3ccccc3C)=C(c3ccccc3C)N(c3ccccc3)C2CCC2c3ccc(C[C@@H](C)C4=CC=CC4C)cc3-c3[nH]cc[n+]3C12. The van der Waals surface area contributed by atoms with E-state index in [1.807, 2.05) is 0 Å². The number of H-pyrrole nitrogens is 1. The number of benzene rings is 5. The van der Waals surface area contributed by atoms with Crippen molar-refractivity contribution in [2.24, 2.45) is 11.8 Å². The van der Waals surface area contributed by atoms with Gasteiger partial charge in [-0.1, -0.05) is 141 Å². The molecule has 10 rings (SSSR count). The molecule has 4 aliphatic rings. The lowest BCUT2D eigenvalue weighted by atomic mass is 9.76. The third-order valence-electron chi connectivity index (χ3n) is 13.2. The minimum Gasteiger partial charge on any atom is -0.318 e. The third kappa shape index (κ3) is 5.76. The molecule has 1 aliphatic carbocycles. The number of aromatic amines is 1. The van der Waals surface area contributed by atoms with Gasteiger partial charge in [0, 0.05) is 28.3 Å². The van der Waals surface area contributed by atoms with Gasteiger partial charge in [-0.15, -0.1) is 0 Å². The Morgan fingerprint density at radius 1 is 0.754 bits per heavy atom. The maximum absolute atomic E-state index is 5.04. The van der Waals surface area contributed by atoms with Crippen LogP contribution in [0, 0.1) is 25.7 Å². The van der Waals surface area contributed by atoms with Gasteiger partial charge in [0.2, 0.25) is 0 Å². The smallest absolute Gasteiger partial charge is 0.287 e. The lowest BCUT2D eigenvalue weighted by molar-refractivity contribution is -0.702. The monoisotopic (exact) mass is 743 g/mol. The molecule has 5 atom stereocenters. The Morgan fingerprint density at radius 2 is 1.42 bits per heavy atom. The summed E-state index contributed by atoms with van der Waals surface area (Å²) in [5.41, 5.74) is 18.0. The average Bonchev–Trinajstić information content (AvgIpc) is 3.98. The molecule has 0 spiro atoms. The Morgan fingerprint density at radius 3 is 2.12 bits per heavy atom. The number of aromatic nitrogens is 2. The summed E-state index contributed by atoms with van der Waals surface area (Å²) < 4.78 is 2.49. The Balaban J connectivity index is 1.17. The van der Waals surface area contributed by atoms with E-state index in [-0.39, 0.29) is 18.1 Å². The van der Waals surface area contributed by atoms with Crippen molar-refractivity contribution in [2.75, 3.05) is 9.80 Å². The van der Waals surface area contributed by atoms with E-state index in [2.05, 4.69) is 199 Å². The summed E-state index contributed by atoms with van der Waals surface area (Å²) in [6.45, 7) is 14.2. The van der Waals surface area contributed by atoms with E-state index in [0.717, 1.165) is 24.8 Å². The second-order valence-corrected chi connectivity index (χ2v) is 16.6. The van der Waals surface area contributed by atoms with Crippen molar-refractivity contribution in [1.29, 1.82) is 0 Å². The van der Waals surface area contributed by atoms with Gasteiger partial charge < -0.3 is 9.80 Å². The summed E-state index contributed by atoms with van der Waals surface area (Å²) in [4.78, 5) is 9.02. The van der Waals surface area contributed by atoms with E-state index in [1.165, 1.54) is 78.7 Å². The molecule has 0 saturated carbocycles. The quantitative estimate of drug-likeness (QED) is 0.172. The average molecular weight is 744 g/mol. The van der Waals surface area contributed by atoms with E-state index in [1.54, 1.807) is 0 Å². The fourth-order valence-corrected chi connectivity index (χ4v) is 10.5. The maximum Gasteiger partial charge on any atom is 0.287 e. The zero-order valence-corrected chi connectivity index (χ0v) is 33.5. The molecule has 3 aliphatic heterocycles. The third-order valence-corrected chi connectivity index (χ3v) is 13.2. The molecule has 57 heavy (non-hydrogen) atoms. The fraction of sp³-hybridized carbons (Fsp3) is 0.226. The lowest BCUT2D eigenvalue weighted by Crippen LogP contribution is -2.46. The van der Waals surface area contributed by atoms with Gasteiger partial charge in [0.1, 0.15) is 24.6 Å². The number of para-hydroxylation sites is 2. The van der Waals surface area contributed by atoms with Crippen LogP contribution < -0.4 is 14.4 Å². The molecule has 0 radical (unpaired) electrons. The number of allylic oxidation sites excluding steroid dienone is 5. The van der Waals surface area contributed by atoms with Crippen LogP contribution in [0.4, 0.5) is 11.4 Å². The molecular weight excluding hydrogens is 693 g/mol. The number of aryl methyl sites for hydroxylation is 2. The van der Waals surface area contributed by atoms with Crippen molar-refractivity contribution in [3.8, 4) is 11.4 Å². The van der Waals surface area contributed by atoms with Gasteiger partial charge in [0.05, 0.1) is 22.6 Å². The molecule has 0 amide bonds. The highest BCUT2D eigenvalue weighted by Gasteiger charge is 2.47. The molecule has 4 nitrogen and oxygen atoms in total. The van der Waals surface area contributed by atoms with Crippen LogP contribution in [0.15, 0.2) is 164 Å². The largest absolute Gasteiger partial charge is 0.318 e. The van der Waals surface area contributed by atoms with Crippen molar-refractivity contribution in [1.82, 2.24) is 4.98 Å². The molecule has 0 bridgehead atoms. The molecule has 1 aromatic heterocycles. The predicted molar refractivity (Wildman–Crippen MR) is 237 cm³/mol. The second kappa shape index (κ2) is 14.1. The molecule has 4 heterocycles. The predicted octanol–water partition coefficient (Wildman–Crippen LogP) is 12.2. The minimum atomic E-state index is 0.0146. The number of rotatable bonds is 6. The van der Waals surface area contributed by atoms with Crippen LogP contribution in [-0.4, -0.2) is 11.1 Å². The first-order valence-electron chi connectivity index (χ1n) is 20.8. The van der Waals surface area contributed by atoms with Crippen molar-refractivity contribution < 1.29 is 4.57 Å². The Kier molecular flexibility index (Phi) is 8.74. The van der Waals surface area contributed by atoms with Crippen molar-refractivity contribution in [2.45, 2.75) is 65.1 Å². The summed E-state index contributed by atoms with van der Waals surface area (Å²) >= 11 is 0. The Bertz CT molecular complexity index is 2620. The van der Waals surface area contributed by atoms with Crippen molar-refractivity contribution in [3.63, 3.8) is 0 Å². The van der Waals surface area contributed by atoms with Gasteiger partial charge in [-0.05, 0) is 97.0 Å². The summed E-state index contributed by atoms with van der Waals surface area (Å²) in [7, 11) is 0. The van der Waals surface area contributed by atoms with E-state index in [0.29, 0.717) is 11.8 Å². The first-order valence-corrected chi connectivity index (χ1v) is 20.8. The van der Waals surface area contributed by atoms with Gasteiger partial charge >= 0.3 is 0 Å². The van der Waals surface area contributed by atoms with E-state index < -0.39 is 0 Å². The number of nitrogens with one attached hydrogen (secondary N) is 1. The molecule has 0 fully saturated rings. The lowest BCUT2D eigenvalue weighted by Gasteiger charge is -2.36. The normalized spacial score (nSPS) is 21.5. The first kappa shape index (κ1) is 35.3. The van der Waals surface area contributed by atoms with Gasteiger partial charge in [0.25, 0.3) is 5.82 Å². The highest BCUT2D eigenvalue weighted by Crippen LogP contribution is 2.54. The van der Waals surface area contributed by atoms with Gasteiger partial charge in [-0.2, -0.15) is 0 Å². The summed E-state index contributed by atoms with van der Waals surface area (Å²) in [5.74, 6) is 2.39. The van der Waals surface area contributed by atoms with Gasteiger partial charge in [-0.3, -0.25) is 0 Å². The zero-order chi connectivity index (χ0) is 38.8. The highest BCUT2D eigenvalue weighted by molar-refractivity contribution is 6.08. The fourth-order valence-electron chi connectivity index (χ4n) is 10.5. The Hall–Kier alpha value is -6.13. The molecule has 4 heteroatoms. The van der Waals surface area contributed by atoms with Crippen LogP contribution in [-0.2, 0) is 6.42 Å². The molecule has 282 valence electrons. The molecule has 5 aromatic carbocycles. The number of fused-ring (bicyclic) bond motifs is 9. The number of anilines is 2. The van der Waals surface area contributed by atoms with Crippen molar-refractivity contribution >= 4 is 28.3 Å². The van der Waals surface area contributed by atoms with Gasteiger partial charge in [-0.25, -0.2) is 9.55 Å².